The molecule has 17 heavy (non-hydrogen) atoms. The smallest absolute Gasteiger partial charge is 0.250 e. The molecule has 1 heterocycles. The van der Waals surface area contributed by atoms with Crippen LogP contribution in [0.25, 0.3) is 0 Å². The van der Waals surface area contributed by atoms with Crippen LogP contribution in [0.5, 0.6) is 0 Å². The van der Waals surface area contributed by atoms with E-state index in [9.17, 15) is 4.79 Å². The molecule has 0 unspecified atom stereocenters. The predicted octanol–water partition coefficient (Wildman–Crippen LogP) is 2.17. The number of carbonyl (C=O) groups excluding carboxylic acids is 1. The summed E-state index contributed by atoms with van der Waals surface area (Å²) < 4.78 is 0. The summed E-state index contributed by atoms with van der Waals surface area (Å²) in [5.74, 6) is -0.327. The molecule has 0 atom stereocenters. The third-order valence-corrected chi connectivity index (χ3v) is 4.29. The lowest BCUT2D eigenvalue weighted by molar-refractivity contribution is 0.100. The zero-order chi connectivity index (χ0) is 11.9. The maximum absolute atomic E-state index is 11.4. The third kappa shape index (κ3) is 1.90. The fourth-order valence-corrected chi connectivity index (χ4v) is 2.86. The van der Waals surface area contributed by atoms with Crippen molar-refractivity contribution < 1.29 is 4.79 Å². The Morgan fingerprint density at radius 2 is 1.76 bits per heavy atom. The number of benzene rings is 1. The molecular weight excluding hydrogens is 212 g/mol. The molecule has 2 fully saturated rings. The van der Waals surface area contributed by atoms with Gasteiger partial charge in [0.1, 0.15) is 0 Å². The number of hydrogen-bond acceptors (Lipinski definition) is 2. The van der Waals surface area contributed by atoms with E-state index >= 15 is 0 Å². The van der Waals surface area contributed by atoms with Crippen LogP contribution in [-0.2, 0) is 0 Å². The lowest BCUT2D eigenvalue weighted by Crippen LogP contribution is -2.35. The maximum atomic E-state index is 11.4. The molecule has 1 saturated heterocycles. The Balaban J connectivity index is 1.82. The Hall–Kier alpha value is -1.51. The van der Waals surface area contributed by atoms with E-state index in [-0.39, 0.29) is 5.91 Å². The van der Waals surface area contributed by atoms with Crippen LogP contribution in [-0.4, -0.2) is 19.0 Å². The van der Waals surface area contributed by atoms with Crippen molar-refractivity contribution in [3.63, 3.8) is 0 Å². The van der Waals surface area contributed by atoms with E-state index in [0.717, 1.165) is 18.8 Å². The second-order valence-electron chi connectivity index (χ2n) is 5.37. The molecule has 1 aromatic rings. The first kappa shape index (κ1) is 10.6. The number of primary amides is 1. The Morgan fingerprint density at radius 3 is 2.35 bits per heavy atom. The van der Waals surface area contributed by atoms with Gasteiger partial charge in [-0.1, -0.05) is 12.1 Å². The molecule has 0 radical (unpaired) electrons. The van der Waals surface area contributed by atoms with Crippen molar-refractivity contribution >= 4 is 11.6 Å². The van der Waals surface area contributed by atoms with E-state index in [0.29, 0.717) is 11.0 Å². The molecule has 1 aromatic carbocycles. The second-order valence-corrected chi connectivity index (χ2v) is 5.37. The Bertz CT molecular complexity index is 441. The van der Waals surface area contributed by atoms with Gasteiger partial charge in [0.25, 0.3) is 5.91 Å². The van der Waals surface area contributed by atoms with Gasteiger partial charge < -0.3 is 10.6 Å². The van der Waals surface area contributed by atoms with Crippen molar-refractivity contribution in [3.8, 4) is 0 Å². The monoisotopic (exact) mass is 230 g/mol. The number of para-hydroxylation sites is 1. The highest BCUT2D eigenvalue weighted by molar-refractivity contribution is 5.98. The fraction of sp³-hybridized carbons (Fsp3) is 0.500. The van der Waals surface area contributed by atoms with Crippen molar-refractivity contribution in [2.24, 2.45) is 11.1 Å². The lowest BCUT2D eigenvalue weighted by Gasteiger charge is -2.34. The maximum Gasteiger partial charge on any atom is 0.250 e. The van der Waals surface area contributed by atoms with Gasteiger partial charge in [0.15, 0.2) is 0 Å². The summed E-state index contributed by atoms with van der Waals surface area (Å²) in [4.78, 5) is 13.7. The normalized spacial score (nSPS) is 21.5. The van der Waals surface area contributed by atoms with Crippen LogP contribution in [0.15, 0.2) is 24.3 Å². The highest BCUT2D eigenvalue weighted by Crippen LogP contribution is 2.54. The molecule has 90 valence electrons. The number of hydrogen-bond donors (Lipinski definition) is 1. The SMILES string of the molecule is NC(=O)c1ccccc1N1CCC2(CC1)CC2. The summed E-state index contributed by atoms with van der Waals surface area (Å²) in [6, 6.07) is 7.67. The summed E-state index contributed by atoms with van der Waals surface area (Å²) in [5.41, 5.74) is 7.75. The molecule has 3 nitrogen and oxygen atoms in total. The highest BCUT2D eigenvalue weighted by atomic mass is 16.1. The van der Waals surface area contributed by atoms with Gasteiger partial charge in [0.2, 0.25) is 0 Å². The molecule has 1 aliphatic heterocycles. The minimum atomic E-state index is -0.327. The Labute approximate surface area is 102 Å². The molecule has 3 heteroatoms. The largest absolute Gasteiger partial charge is 0.371 e. The lowest BCUT2D eigenvalue weighted by atomic mass is 9.93. The van der Waals surface area contributed by atoms with Crippen molar-refractivity contribution in [2.75, 3.05) is 18.0 Å². The quantitative estimate of drug-likeness (QED) is 0.846. The molecule has 3 rings (SSSR count). The average molecular weight is 230 g/mol. The van der Waals surface area contributed by atoms with E-state index in [2.05, 4.69) is 4.90 Å². The summed E-state index contributed by atoms with van der Waals surface area (Å²) >= 11 is 0. The Kier molecular flexibility index (Phi) is 2.35. The number of anilines is 1. The van der Waals surface area contributed by atoms with Gasteiger partial charge in [-0.3, -0.25) is 4.79 Å². The van der Waals surface area contributed by atoms with Crippen LogP contribution < -0.4 is 10.6 Å². The highest BCUT2D eigenvalue weighted by Gasteiger charge is 2.44. The molecule has 1 saturated carbocycles. The van der Waals surface area contributed by atoms with Gasteiger partial charge in [0.05, 0.1) is 5.56 Å². The molecule has 1 spiro atoms. The van der Waals surface area contributed by atoms with E-state index in [1.807, 2.05) is 24.3 Å². The van der Waals surface area contributed by atoms with E-state index in [1.54, 1.807) is 0 Å². The van der Waals surface area contributed by atoms with Crippen LogP contribution >= 0.6 is 0 Å². The first-order valence-electron chi connectivity index (χ1n) is 6.34. The summed E-state index contributed by atoms with van der Waals surface area (Å²) in [7, 11) is 0. The van der Waals surface area contributed by atoms with E-state index in [4.69, 9.17) is 5.73 Å². The van der Waals surface area contributed by atoms with Crippen LogP contribution in [0.3, 0.4) is 0 Å². The molecule has 1 aliphatic carbocycles. The van der Waals surface area contributed by atoms with Crippen LogP contribution in [0.2, 0.25) is 0 Å². The van der Waals surface area contributed by atoms with Gasteiger partial charge in [0, 0.05) is 18.8 Å². The predicted molar refractivity (Wildman–Crippen MR) is 68.1 cm³/mol. The van der Waals surface area contributed by atoms with Gasteiger partial charge in [-0.25, -0.2) is 0 Å². The standard InChI is InChI=1S/C14H18N2O/c15-13(17)11-3-1-2-4-12(11)16-9-7-14(5-6-14)8-10-16/h1-4H,5-10H2,(H2,15,17). The topological polar surface area (TPSA) is 46.3 Å². The first-order valence-corrected chi connectivity index (χ1v) is 6.34. The summed E-state index contributed by atoms with van der Waals surface area (Å²) in [5, 5.41) is 0. The van der Waals surface area contributed by atoms with Crippen LogP contribution in [0.1, 0.15) is 36.0 Å². The second kappa shape index (κ2) is 3.76. The molecule has 1 amide bonds. The van der Waals surface area contributed by atoms with Crippen LogP contribution in [0, 0.1) is 5.41 Å². The van der Waals surface area contributed by atoms with Crippen molar-refractivity contribution in [1.29, 1.82) is 0 Å². The summed E-state index contributed by atoms with van der Waals surface area (Å²) in [6.45, 7) is 2.12. The van der Waals surface area contributed by atoms with Crippen molar-refractivity contribution in [3.05, 3.63) is 29.8 Å². The van der Waals surface area contributed by atoms with E-state index < -0.39 is 0 Å². The number of nitrogens with two attached hydrogens (primary N) is 1. The zero-order valence-corrected chi connectivity index (χ0v) is 9.98. The fourth-order valence-electron chi connectivity index (χ4n) is 2.86. The molecule has 0 bridgehead atoms. The van der Waals surface area contributed by atoms with E-state index in [1.165, 1.54) is 25.7 Å². The average Bonchev–Trinajstić information content (AvgIpc) is 3.10. The molecule has 2 N–H and O–H groups in total. The molecule has 0 aromatic heterocycles. The number of piperidine rings is 1. The minimum absolute atomic E-state index is 0.327. The van der Waals surface area contributed by atoms with Gasteiger partial charge in [-0.2, -0.15) is 0 Å². The minimum Gasteiger partial charge on any atom is -0.371 e. The number of rotatable bonds is 2. The van der Waals surface area contributed by atoms with Gasteiger partial charge in [-0.05, 0) is 43.2 Å². The number of nitrogens with zero attached hydrogens (tertiary/aromatic N) is 1. The van der Waals surface area contributed by atoms with Gasteiger partial charge >= 0.3 is 0 Å². The van der Waals surface area contributed by atoms with Crippen molar-refractivity contribution in [2.45, 2.75) is 25.7 Å². The zero-order valence-electron chi connectivity index (χ0n) is 9.98. The summed E-state index contributed by atoms with van der Waals surface area (Å²) in [6.07, 6.45) is 5.33. The number of carbonyl (C=O) groups is 1. The van der Waals surface area contributed by atoms with Gasteiger partial charge in [-0.15, -0.1) is 0 Å². The molecular formula is C14H18N2O. The Morgan fingerprint density at radius 1 is 1.12 bits per heavy atom. The van der Waals surface area contributed by atoms with Crippen molar-refractivity contribution in [1.82, 2.24) is 0 Å². The molecule has 2 aliphatic rings. The number of amides is 1. The van der Waals surface area contributed by atoms with Crippen LogP contribution in [0.4, 0.5) is 5.69 Å². The first-order chi connectivity index (χ1) is 8.20. The third-order valence-electron chi connectivity index (χ3n) is 4.29.